The first kappa shape index (κ1) is 14.4. The molecule has 0 spiro atoms. The Morgan fingerprint density at radius 3 is 2.22 bits per heavy atom. The molecule has 1 N–H and O–H groups in total. The molecule has 0 saturated heterocycles. The van der Waals surface area contributed by atoms with Gasteiger partial charge in [-0.1, -0.05) is 12.1 Å². The average Bonchev–Trinajstić information content (AvgIpc) is 2.28. The van der Waals surface area contributed by atoms with Crippen molar-refractivity contribution in [2.75, 3.05) is 12.4 Å². The molecular formula is C14H22N2O2. The van der Waals surface area contributed by atoms with Gasteiger partial charge in [0.15, 0.2) is 0 Å². The summed E-state index contributed by atoms with van der Waals surface area (Å²) >= 11 is 0. The highest BCUT2D eigenvalue weighted by molar-refractivity contribution is 5.91. The number of ether oxygens (including phenoxy) is 1. The summed E-state index contributed by atoms with van der Waals surface area (Å²) in [6.45, 7) is 8.01. The quantitative estimate of drug-likeness (QED) is 0.890. The van der Waals surface area contributed by atoms with Gasteiger partial charge in [-0.05, 0) is 39.8 Å². The lowest BCUT2D eigenvalue weighted by molar-refractivity contribution is 0.178. The predicted octanol–water partition coefficient (Wildman–Crippen LogP) is 3.35. The summed E-state index contributed by atoms with van der Waals surface area (Å²) in [4.78, 5) is 14.0. The zero-order valence-corrected chi connectivity index (χ0v) is 11.7. The van der Waals surface area contributed by atoms with Crippen molar-refractivity contribution in [1.82, 2.24) is 4.90 Å². The van der Waals surface area contributed by atoms with Crippen LogP contribution in [0.5, 0.6) is 5.75 Å². The molecule has 0 radical (unpaired) electrons. The Morgan fingerprint density at radius 2 is 1.72 bits per heavy atom. The second kappa shape index (κ2) is 6.28. The molecule has 1 aromatic rings. The molecule has 4 nitrogen and oxygen atoms in total. The molecule has 0 aromatic heterocycles. The Balaban J connectivity index is 2.86. The molecule has 0 saturated carbocycles. The van der Waals surface area contributed by atoms with E-state index in [4.69, 9.17) is 4.74 Å². The van der Waals surface area contributed by atoms with E-state index in [0.29, 0.717) is 11.4 Å². The van der Waals surface area contributed by atoms with E-state index in [1.165, 1.54) is 0 Å². The monoisotopic (exact) mass is 250 g/mol. The third-order valence-corrected chi connectivity index (χ3v) is 2.70. The summed E-state index contributed by atoms with van der Waals surface area (Å²) in [6.07, 6.45) is 0. The Morgan fingerprint density at radius 1 is 1.17 bits per heavy atom. The van der Waals surface area contributed by atoms with Crippen molar-refractivity contribution < 1.29 is 9.53 Å². The van der Waals surface area contributed by atoms with Crippen molar-refractivity contribution >= 4 is 11.7 Å². The molecule has 4 heteroatoms. The van der Waals surface area contributed by atoms with Gasteiger partial charge < -0.3 is 15.0 Å². The third kappa shape index (κ3) is 3.39. The van der Waals surface area contributed by atoms with Gasteiger partial charge in [-0.15, -0.1) is 0 Å². The molecule has 0 fully saturated rings. The molecule has 2 amide bonds. The molecule has 0 atom stereocenters. The third-order valence-electron chi connectivity index (χ3n) is 2.70. The minimum absolute atomic E-state index is 0.107. The molecule has 1 rings (SSSR count). The zero-order chi connectivity index (χ0) is 13.7. The number of anilines is 1. The lowest BCUT2D eigenvalue weighted by Crippen LogP contribution is -2.44. The number of carbonyl (C=O) groups excluding carboxylic acids is 1. The number of benzene rings is 1. The predicted molar refractivity (Wildman–Crippen MR) is 74.1 cm³/mol. The van der Waals surface area contributed by atoms with Crippen LogP contribution in [-0.4, -0.2) is 30.1 Å². The van der Waals surface area contributed by atoms with Crippen LogP contribution < -0.4 is 10.1 Å². The standard InChI is InChI=1S/C14H22N2O2/c1-10(2)16(11(3)4)14(17)15-12-8-6-7-9-13(12)18-5/h6-11H,1-5H3,(H,15,17). The summed E-state index contributed by atoms with van der Waals surface area (Å²) in [7, 11) is 1.59. The molecule has 100 valence electrons. The first-order chi connectivity index (χ1) is 8.47. The van der Waals surface area contributed by atoms with Crippen LogP contribution >= 0.6 is 0 Å². The van der Waals surface area contributed by atoms with Crippen LogP contribution in [0, 0.1) is 0 Å². The zero-order valence-electron chi connectivity index (χ0n) is 11.7. The Labute approximate surface area is 109 Å². The maximum absolute atomic E-state index is 12.2. The largest absolute Gasteiger partial charge is 0.495 e. The number of carbonyl (C=O) groups is 1. The Bertz CT molecular complexity index is 395. The van der Waals surface area contributed by atoms with Crippen LogP contribution in [0.3, 0.4) is 0 Å². The lowest BCUT2D eigenvalue weighted by atomic mass is 10.2. The van der Waals surface area contributed by atoms with Crippen LogP contribution in [0.25, 0.3) is 0 Å². The highest BCUT2D eigenvalue weighted by Crippen LogP contribution is 2.23. The van der Waals surface area contributed by atoms with Gasteiger partial charge in [-0.2, -0.15) is 0 Å². The summed E-state index contributed by atoms with van der Waals surface area (Å²) in [5.41, 5.74) is 0.691. The van der Waals surface area contributed by atoms with Crippen molar-refractivity contribution in [2.24, 2.45) is 0 Å². The number of para-hydroxylation sites is 2. The first-order valence-corrected chi connectivity index (χ1v) is 6.19. The van der Waals surface area contributed by atoms with E-state index in [1.807, 2.05) is 52.0 Å². The van der Waals surface area contributed by atoms with Crippen LogP contribution in [0.15, 0.2) is 24.3 Å². The van der Waals surface area contributed by atoms with E-state index in [0.717, 1.165) is 0 Å². The van der Waals surface area contributed by atoms with E-state index in [2.05, 4.69) is 5.32 Å². The second-order valence-corrected chi connectivity index (χ2v) is 4.73. The normalized spacial score (nSPS) is 10.6. The lowest BCUT2D eigenvalue weighted by Gasteiger charge is -2.31. The number of methoxy groups -OCH3 is 1. The smallest absolute Gasteiger partial charge is 0.322 e. The summed E-state index contributed by atoms with van der Waals surface area (Å²) in [6, 6.07) is 7.59. The molecule has 0 aliphatic carbocycles. The minimum Gasteiger partial charge on any atom is -0.495 e. The summed E-state index contributed by atoms with van der Waals surface area (Å²) < 4.78 is 5.21. The van der Waals surface area contributed by atoms with E-state index >= 15 is 0 Å². The van der Waals surface area contributed by atoms with Crippen molar-refractivity contribution in [3.05, 3.63) is 24.3 Å². The summed E-state index contributed by atoms with van der Waals surface area (Å²) in [5.74, 6) is 0.665. The number of hydrogen-bond acceptors (Lipinski definition) is 2. The topological polar surface area (TPSA) is 41.6 Å². The number of amides is 2. The van der Waals surface area contributed by atoms with Crippen LogP contribution in [0.1, 0.15) is 27.7 Å². The maximum atomic E-state index is 12.2. The van der Waals surface area contributed by atoms with E-state index in [-0.39, 0.29) is 18.1 Å². The molecule has 1 aromatic carbocycles. The number of rotatable bonds is 4. The Hall–Kier alpha value is -1.71. The second-order valence-electron chi connectivity index (χ2n) is 4.73. The SMILES string of the molecule is COc1ccccc1NC(=O)N(C(C)C)C(C)C. The maximum Gasteiger partial charge on any atom is 0.322 e. The van der Waals surface area contributed by atoms with Gasteiger partial charge in [0.25, 0.3) is 0 Å². The Kier molecular flexibility index (Phi) is 5.01. The van der Waals surface area contributed by atoms with Crippen molar-refractivity contribution in [1.29, 1.82) is 0 Å². The number of nitrogens with one attached hydrogen (secondary N) is 1. The fourth-order valence-corrected chi connectivity index (χ4v) is 1.99. The molecule has 0 aliphatic rings. The van der Waals surface area contributed by atoms with Gasteiger partial charge in [-0.3, -0.25) is 0 Å². The van der Waals surface area contributed by atoms with Gasteiger partial charge in [-0.25, -0.2) is 4.79 Å². The molecule has 0 unspecified atom stereocenters. The highest BCUT2D eigenvalue weighted by Gasteiger charge is 2.20. The van der Waals surface area contributed by atoms with Crippen molar-refractivity contribution in [3.63, 3.8) is 0 Å². The van der Waals surface area contributed by atoms with Gasteiger partial charge in [0.1, 0.15) is 5.75 Å². The fourth-order valence-electron chi connectivity index (χ4n) is 1.99. The number of hydrogen-bond donors (Lipinski definition) is 1. The summed E-state index contributed by atoms with van der Waals surface area (Å²) in [5, 5.41) is 2.89. The molecule has 0 heterocycles. The average molecular weight is 250 g/mol. The van der Waals surface area contributed by atoms with Crippen LogP contribution in [0.4, 0.5) is 10.5 Å². The molecule has 0 aliphatic heterocycles. The van der Waals surface area contributed by atoms with E-state index in [1.54, 1.807) is 12.0 Å². The van der Waals surface area contributed by atoms with Gasteiger partial charge in [0.2, 0.25) is 0 Å². The fraction of sp³-hybridized carbons (Fsp3) is 0.500. The van der Waals surface area contributed by atoms with Gasteiger partial charge in [0, 0.05) is 12.1 Å². The molecular weight excluding hydrogens is 228 g/mol. The van der Waals surface area contributed by atoms with Crippen LogP contribution in [0.2, 0.25) is 0 Å². The van der Waals surface area contributed by atoms with Gasteiger partial charge >= 0.3 is 6.03 Å². The van der Waals surface area contributed by atoms with Crippen molar-refractivity contribution in [2.45, 2.75) is 39.8 Å². The highest BCUT2D eigenvalue weighted by atomic mass is 16.5. The van der Waals surface area contributed by atoms with E-state index < -0.39 is 0 Å². The molecule has 18 heavy (non-hydrogen) atoms. The first-order valence-electron chi connectivity index (χ1n) is 6.19. The molecule has 0 bridgehead atoms. The number of urea groups is 1. The van der Waals surface area contributed by atoms with Crippen molar-refractivity contribution in [3.8, 4) is 5.75 Å². The van der Waals surface area contributed by atoms with E-state index in [9.17, 15) is 4.79 Å². The minimum atomic E-state index is -0.107. The number of nitrogens with zero attached hydrogens (tertiary/aromatic N) is 1. The van der Waals surface area contributed by atoms with Gasteiger partial charge in [0.05, 0.1) is 12.8 Å². The van der Waals surface area contributed by atoms with Crippen LogP contribution in [-0.2, 0) is 0 Å².